The van der Waals surface area contributed by atoms with E-state index in [1.54, 1.807) is 13.0 Å². The van der Waals surface area contributed by atoms with Crippen LogP contribution in [0, 0.1) is 0 Å². The van der Waals surface area contributed by atoms with Gasteiger partial charge in [0.1, 0.15) is 0 Å². The molecule has 0 aromatic heterocycles. The molecule has 70 valence electrons. The van der Waals surface area contributed by atoms with Crippen molar-refractivity contribution in [2.75, 3.05) is 6.61 Å². The zero-order valence-corrected chi connectivity index (χ0v) is 8.22. The van der Waals surface area contributed by atoms with Crippen LogP contribution < -0.4 is 0 Å². The number of carbonyl (C=O) groups excluding carboxylic acids is 1. The van der Waals surface area contributed by atoms with Gasteiger partial charge in [0.15, 0.2) is 0 Å². The number of carbonyl (C=O) groups is 1. The molecule has 0 aliphatic rings. The fraction of sp³-hybridized carbons (Fsp3) is 0.700. The summed E-state index contributed by atoms with van der Waals surface area (Å²) in [6, 6.07) is 0. The van der Waals surface area contributed by atoms with Crippen LogP contribution in [0.15, 0.2) is 11.6 Å². The number of allylic oxidation sites excluding steroid dienone is 1. The highest BCUT2D eigenvalue weighted by atomic mass is 16.5. The number of hydrogen-bond acceptors (Lipinski definition) is 2. The molecule has 0 saturated heterocycles. The number of hydrogen-bond donors (Lipinski definition) is 0. The van der Waals surface area contributed by atoms with Crippen LogP contribution in [0.3, 0.4) is 0 Å². The summed E-state index contributed by atoms with van der Waals surface area (Å²) in [5, 5.41) is 0. The van der Waals surface area contributed by atoms with Crippen molar-refractivity contribution >= 4 is 5.97 Å². The summed E-state index contributed by atoms with van der Waals surface area (Å²) in [5.74, 6) is -0.186. The fourth-order valence-electron chi connectivity index (χ4n) is 0.749. The minimum Gasteiger partial charge on any atom is -0.462 e. The van der Waals surface area contributed by atoms with Crippen LogP contribution in [0.4, 0.5) is 0 Å². The zero-order valence-electron chi connectivity index (χ0n) is 8.22. The van der Waals surface area contributed by atoms with Gasteiger partial charge in [-0.2, -0.15) is 0 Å². The second-order valence-corrected chi connectivity index (χ2v) is 2.81. The summed E-state index contributed by atoms with van der Waals surface area (Å²) in [5.41, 5.74) is 0.687. The number of ether oxygens (including phenoxy) is 1. The molecule has 0 aliphatic heterocycles. The molecular weight excluding hydrogens is 152 g/mol. The van der Waals surface area contributed by atoms with Crippen LogP contribution in [0.2, 0.25) is 0 Å². The van der Waals surface area contributed by atoms with Gasteiger partial charge < -0.3 is 4.74 Å². The molecule has 2 heteroatoms. The Morgan fingerprint density at radius 3 is 2.58 bits per heavy atom. The van der Waals surface area contributed by atoms with E-state index in [4.69, 9.17) is 4.74 Å². The van der Waals surface area contributed by atoms with Crippen molar-refractivity contribution in [3.8, 4) is 0 Å². The van der Waals surface area contributed by atoms with Gasteiger partial charge in [-0.25, -0.2) is 4.79 Å². The Morgan fingerprint density at radius 2 is 2.08 bits per heavy atom. The molecule has 2 nitrogen and oxygen atoms in total. The lowest BCUT2D eigenvalue weighted by Gasteiger charge is -2.03. The summed E-state index contributed by atoms with van der Waals surface area (Å²) in [4.78, 5) is 11.0. The second-order valence-electron chi connectivity index (χ2n) is 2.81. The van der Waals surface area contributed by atoms with E-state index in [0.717, 1.165) is 19.3 Å². The van der Waals surface area contributed by atoms with Crippen LogP contribution in [0.1, 0.15) is 40.0 Å². The summed E-state index contributed by atoms with van der Waals surface area (Å²) < 4.78 is 4.99. The Hall–Kier alpha value is -0.790. The highest BCUT2D eigenvalue weighted by Gasteiger charge is 2.02. The van der Waals surface area contributed by atoms with Crippen LogP contribution in [0.25, 0.3) is 0 Å². The Morgan fingerprint density at radius 1 is 1.42 bits per heavy atom. The van der Waals surface area contributed by atoms with E-state index in [-0.39, 0.29) is 5.97 Å². The first kappa shape index (κ1) is 11.2. The fourth-order valence-corrected chi connectivity index (χ4v) is 0.749. The molecule has 0 N–H and O–H groups in total. The van der Waals surface area contributed by atoms with Gasteiger partial charge >= 0.3 is 5.97 Å². The van der Waals surface area contributed by atoms with Crippen molar-refractivity contribution in [1.29, 1.82) is 0 Å². The van der Waals surface area contributed by atoms with E-state index >= 15 is 0 Å². The molecule has 0 aliphatic carbocycles. The van der Waals surface area contributed by atoms with Gasteiger partial charge in [-0.3, -0.25) is 0 Å². The van der Waals surface area contributed by atoms with E-state index < -0.39 is 0 Å². The average molecular weight is 170 g/mol. The third-order valence-corrected chi connectivity index (χ3v) is 1.74. The van der Waals surface area contributed by atoms with E-state index in [2.05, 4.69) is 6.92 Å². The molecule has 0 rings (SSSR count). The number of esters is 1. The minimum absolute atomic E-state index is 0.186. The van der Waals surface area contributed by atoms with E-state index in [1.807, 2.05) is 6.92 Å². The van der Waals surface area contributed by atoms with E-state index in [1.165, 1.54) is 0 Å². The molecule has 0 unspecified atom stereocenters. The third kappa shape index (κ3) is 4.94. The highest BCUT2D eigenvalue weighted by molar-refractivity contribution is 5.87. The molecule has 0 amide bonds. The highest BCUT2D eigenvalue weighted by Crippen LogP contribution is 1.99. The maximum atomic E-state index is 11.0. The molecule has 0 aromatic carbocycles. The van der Waals surface area contributed by atoms with E-state index in [0.29, 0.717) is 12.2 Å². The molecule has 12 heavy (non-hydrogen) atoms. The number of unbranched alkanes of at least 4 members (excludes halogenated alkanes) is 2. The largest absolute Gasteiger partial charge is 0.462 e. The maximum Gasteiger partial charge on any atom is 0.333 e. The molecule has 0 spiro atoms. The molecular formula is C10H18O2. The van der Waals surface area contributed by atoms with Gasteiger partial charge in [0.2, 0.25) is 0 Å². The second kappa shape index (κ2) is 6.89. The number of rotatable bonds is 5. The molecule has 0 radical (unpaired) electrons. The predicted octanol–water partition coefficient (Wildman–Crippen LogP) is 2.69. The lowest BCUT2D eigenvalue weighted by molar-refractivity contribution is -0.139. The van der Waals surface area contributed by atoms with Crippen molar-refractivity contribution in [3.63, 3.8) is 0 Å². The summed E-state index contributed by atoms with van der Waals surface area (Å²) in [7, 11) is 0. The Labute approximate surface area is 74.6 Å². The predicted molar refractivity (Wildman–Crippen MR) is 49.9 cm³/mol. The van der Waals surface area contributed by atoms with Gasteiger partial charge in [-0.05, 0) is 20.3 Å². The summed E-state index contributed by atoms with van der Waals surface area (Å²) in [6.45, 7) is 6.28. The SMILES string of the molecule is C/C=C(\C)C(=O)OCCCCC. The van der Waals surface area contributed by atoms with E-state index in [9.17, 15) is 4.79 Å². The molecule has 0 bridgehead atoms. The van der Waals surface area contributed by atoms with Crippen molar-refractivity contribution < 1.29 is 9.53 Å². The molecule has 0 saturated carbocycles. The van der Waals surface area contributed by atoms with Gasteiger partial charge in [-0.1, -0.05) is 25.8 Å². The summed E-state index contributed by atoms with van der Waals surface area (Å²) in [6.07, 6.45) is 5.02. The standard InChI is InChI=1S/C10H18O2/c1-4-6-7-8-12-10(11)9(3)5-2/h5H,4,6-8H2,1-3H3/b9-5+. The van der Waals surface area contributed by atoms with Crippen LogP contribution >= 0.6 is 0 Å². The van der Waals surface area contributed by atoms with Crippen LogP contribution in [0.5, 0.6) is 0 Å². The molecule has 0 heterocycles. The minimum atomic E-state index is -0.186. The zero-order chi connectivity index (χ0) is 9.40. The van der Waals surface area contributed by atoms with Crippen molar-refractivity contribution in [2.24, 2.45) is 0 Å². The van der Waals surface area contributed by atoms with Crippen LogP contribution in [-0.2, 0) is 9.53 Å². The Kier molecular flexibility index (Phi) is 6.44. The quantitative estimate of drug-likeness (QED) is 0.360. The lowest BCUT2D eigenvalue weighted by atomic mass is 10.2. The first-order valence-corrected chi connectivity index (χ1v) is 4.52. The normalized spacial score (nSPS) is 11.4. The average Bonchev–Trinajstić information content (AvgIpc) is 2.10. The molecule has 0 fully saturated rings. The Bertz CT molecular complexity index is 159. The van der Waals surface area contributed by atoms with Crippen molar-refractivity contribution in [1.82, 2.24) is 0 Å². The van der Waals surface area contributed by atoms with Crippen molar-refractivity contribution in [2.45, 2.75) is 40.0 Å². The monoisotopic (exact) mass is 170 g/mol. The van der Waals surface area contributed by atoms with Gasteiger partial charge in [0.25, 0.3) is 0 Å². The summed E-state index contributed by atoms with van der Waals surface area (Å²) >= 11 is 0. The van der Waals surface area contributed by atoms with Gasteiger partial charge in [-0.15, -0.1) is 0 Å². The maximum absolute atomic E-state index is 11.0. The van der Waals surface area contributed by atoms with Crippen LogP contribution in [-0.4, -0.2) is 12.6 Å². The smallest absolute Gasteiger partial charge is 0.333 e. The molecule has 0 atom stereocenters. The topological polar surface area (TPSA) is 26.3 Å². The van der Waals surface area contributed by atoms with Gasteiger partial charge in [0.05, 0.1) is 6.61 Å². The Balaban J connectivity index is 3.45. The third-order valence-electron chi connectivity index (χ3n) is 1.74. The first-order valence-electron chi connectivity index (χ1n) is 4.52. The lowest BCUT2D eigenvalue weighted by Crippen LogP contribution is -2.06. The van der Waals surface area contributed by atoms with Crippen molar-refractivity contribution in [3.05, 3.63) is 11.6 Å². The first-order chi connectivity index (χ1) is 5.72. The van der Waals surface area contributed by atoms with Gasteiger partial charge in [0, 0.05) is 5.57 Å². The molecule has 0 aromatic rings.